The summed E-state index contributed by atoms with van der Waals surface area (Å²) in [7, 11) is 0. The number of rotatable bonds is 9. The van der Waals surface area contributed by atoms with Gasteiger partial charge in [-0.05, 0) is 42.2 Å². The Balaban J connectivity index is 1.64. The van der Waals surface area contributed by atoms with E-state index in [9.17, 15) is 19.5 Å². The number of carbonyl (C=O) groups is 3. The van der Waals surface area contributed by atoms with Crippen LogP contribution in [0.1, 0.15) is 27.2 Å². The Hall–Kier alpha value is -2.75. The largest absolute Gasteiger partial charge is 0.466 e. The molecule has 2 aromatic rings. The zero-order chi connectivity index (χ0) is 28.1. The number of likely N-dealkylation sites (tertiary alicyclic amines) is 1. The zero-order valence-electron chi connectivity index (χ0n) is 22.5. The maximum atomic E-state index is 14.7. The predicted octanol–water partition coefficient (Wildman–Crippen LogP) is 3.69. The monoisotopic (exact) mass is 598 g/mol. The fraction of sp³-hybridized carbons (Fsp3) is 0.500. The highest BCUT2D eigenvalue weighted by Gasteiger charge is 2.77. The summed E-state index contributed by atoms with van der Waals surface area (Å²) in [6.07, 6.45) is 1.44. The molecule has 2 aromatic carbocycles. The number of halogens is 1. The van der Waals surface area contributed by atoms with Crippen molar-refractivity contribution >= 4 is 50.2 Å². The number of amides is 2. The summed E-state index contributed by atoms with van der Waals surface area (Å²) in [6.45, 7) is 9.47. The van der Waals surface area contributed by atoms with E-state index < -0.39 is 41.6 Å². The van der Waals surface area contributed by atoms with Crippen molar-refractivity contribution in [1.82, 2.24) is 4.90 Å². The quantitative estimate of drug-likeness (QED) is 0.269. The topological polar surface area (TPSA) is 96.4 Å². The molecule has 2 bridgehead atoms. The van der Waals surface area contributed by atoms with Crippen LogP contribution in [0.25, 0.3) is 10.8 Å². The summed E-state index contributed by atoms with van der Waals surface area (Å²) >= 11 is 3.67. The van der Waals surface area contributed by atoms with E-state index in [-0.39, 0.29) is 42.3 Å². The van der Waals surface area contributed by atoms with Crippen LogP contribution in [0.3, 0.4) is 0 Å². The number of ether oxygens (including phenoxy) is 2. The molecule has 3 fully saturated rings. The minimum atomic E-state index is -1.23. The van der Waals surface area contributed by atoms with Gasteiger partial charge in [0.25, 0.3) is 5.91 Å². The second kappa shape index (κ2) is 10.7. The van der Waals surface area contributed by atoms with Crippen molar-refractivity contribution < 1.29 is 29.0 Å². The maximum Gasteiger partial charge on any atom is 0.312 e. The Morgan fingerprint density at radius 1 is 1.28 bits per heavy atom. The van der Waals surface area contributed by atoms with Gasteiger partial charge in [0, 0.05) is 17.1 Å². The van der Waals surface area contributed by atoms with Gasteiger partial charge >= 0.3 is 5.97 Å². The SMILES string of the molecule is C=CCN(C(=O)C1N([C@@H](CO)C(C)C)C(=O)[C@@H]2[C@H](C(=O)OCC)[C@H]3OC12CC3Br)c1ccc2ccccc2c1. The Morgan fingerprint density at radius 2 is 2.00 bits per heavy atom. The van der Waals surface area contributed by atoms with Gasteiger partial charge < -0.3 is 24.4 Å². The van der Waals surface area contributed by atoms with Gasteiger partial charge in [-0.2, -0.15) is 0 Å². The lowest BCUT2D eigenvalue weighted by Crippen LogP contribution is -2.60. The molecule has 3 aliphatic heterocycles. The summed E-state index contributed by atoms with van der Waals surface area (Å²) in [5.41, 5.74) is -0.566. The number of aliphatic hydroxyl groups is 1. The molecule has 39 heavy (non-hydrogen) atoms. The number of alkyl halides is 1. The minimum Gasteiger partial charge on any atom is -0.466 e. The van der Waals surface area contributed by atoms with E-state index in [1.807, 2.05) is 56.3 Å². The van der Waals surface area contributed by atoms with Gasteiger partial charge in [0.1, 0.15) is 11.6 Å². The molecule has 3 saturated heterocycles. The molecule has 1 spiro atoms. The van der Waals surface area contributed by atoms with Gasteiger partial charge in [-0.25, -0.2) is 0 Å². The van der Waals surface area contributed by atoms with Crippen LogP contribution < -0.4 is 4.90 Å². The van der Waals surface area contributed by atoms with Crippen LogP contribution in [-0.4, -0.2) is 76.2 Å². The van der Waals surface area contributed by atoms with Crippen molar-refractivity contribution in [3.8, 4) is 0 Å². The van der Waals surface area contributed by atoms with E-state index in [4.69, 9.17) is 9.47 Å². The van der Waals surface area contributed by atoms with Crippen LogP contribution in [0.4, 0.5) is 5.69 Å². The predicted molar refractivity (Wildman–Crippen MR) is 151 cm³/mol. The van der Waals surface area contributed by atoms with Crippen molar-refractivity contribution in [2.45, 2.75) is 55.8 Å². The van der Waals surface area contributed by atoms with Crippen LogP contribution in [0.2, 0.25) is 0 Å². The molecule has 0 radical (unpaired) electrons. The molecule has 2 amide bonds. The molecule has 0 aliphatic carbocycles. The molecule has 3 heterocycles. The van der Waals surface area contributed by atoms with Gasteiger partial charge in [-0.3, -0.25) is 14.4 Å². The third-order valence-corrected chi connectivity index (χ3v) is 9.30. The second-order valence-electron chi connectivity index (χ2n) is 10.9. The fourth-order valence-corrected chi connectivity index (χ4v) is 7.72. The molecule has 0 saturated carbocycles. The number of carbonyl (C=O) groups excluding carboxylic acids is 3. The molecule has 1 N–H and O–H groups in total. The first-order valence-electron chi connectivity index (χ1n) is 13.5. The first-order valence-corrected chi connectivity index (χ1v) is 14.4. The summed E-state index contributed by atoms with van der Waals surface area (Å²) in [5.74, 6) is -3.03. The molecule has 9 heteroatoms. The van der Waals surface area contributed by atoms with E-state index in [0.717, 1.165) is 10.8 Å². The van der Waals surface area contributed by atoms with Crippen LogP contribution in [0.15, 0.2) is 55.1 Å². The van der Waals surface area contributed by atoms with Crippen LogP contribution in [0, 0.1) is 17.8 Å². The van der Waals surface area contributed by atoms with Gasteiger partial charge in [-0.1, -0.05) is 66.2 Å². The number of fused-ring (bicyclic) bond motifs is 2. The fourth-order valence-electron chi connectivity index (χ4n) is 6.78. The molecular formula is C30H35BrN2O6. The molecular weight excluding hydrogens is 564 g/mol. The number of anilines is 1. The van der Waals surface area contributed by atoms with E-state index in [0.29, 0.717) is 12.1 Å². The summed E-state index contributed by atoms with van der Waals surface area (Å²) in [5, 5.41) is 12.4. The average molecular weight is 600 g/mol. The highest BCUT2D eigenvalue weighted by Crippen LogP contribution is 2.61. The number of hydrogen-bond donors (Lipinski definition) is 1. The van der Waals surface area contributed by atoms with E-state index in [1.54, 1.807) is 17.9 Å². The zero-order valence-corrected chi connectivity index (χ0v) is 24.0. The van der Waals surface area contributed by atoms with E-state index >= 15 is 0 Å². The molecule has 208 valence electrons. The number of aliphatic hydroxyl groups excluding tert-OH is 1. The Labute approximate surface area is 237 Å². The average Bonchev–Trinajstić information content (AvgIpc) is 3.51. The number of hydrogen-bond acceptors (Lipinski definition) is 6. The first kappa shape index (κ1) is 27.8. The summed E-state index contributed by atoms with van der Waals surface area (Å²) in [6, 6.07) is 12.0. The molecule has 3 unspecified atom stereocenters. The molecule has 7 atom stereocenters. The number of benzene rings is 2. The van der Waals surface area contributed by atoms with Gasteiger partial charge in [0.15, 0.2) is 0 Å². The molecule has 0 aromatic heterocycles. The Bertz CT molecular complexity index is 1300. The van der Waals surface area contributed by atoms with Gasteiger partial charge in [-0.15, -0.1) is 6.58 Å². The highest BCUT2D eigenvalue weighted by molar-refractivity contribution is 9.09. The normalized spacial score (nSPS) is 30.1. The van der Waals surface area contributed by atoms with Crippen molar-refractivity contribution in [3.63, 3.8) is 0 Å². The minimum absolute atomic E-state index is 0.143. The second-order valence-corrected chi connectivity index (χ2v) is 12.1. The van der Waals surface area contributed by atoms with Crippen molar-refractivity contribution in [2.75, 3.05) is 24.7 Å². The third kappa shape index (κ3) is 4.30. The summed E-state index contributed by atoms with van der Waals surface area (Å²) in [4.78, 5) is 45.0. The smallest absolute Gasteiger partial charge is 0.312 e. The van der Waals surface area contributed by atoms with Crippen molar-refractivity contribution in [3.05, 3.63) is 55.1 Å². The third-order valence-electron chi connectivity index (χ3n) is 8.46. The Morgan fingerprint density at radius 3 is 2.64 bits per heavy atom. The lowest BCUT2D eigenvalue weighted by molar-refractivity contribution is -0.155. The van der Waals surface area contributed by atoms with Gasteiger partial charge in [0.05, 0.1) is 37.2 Å². The van der Waals surface area contributed by atoms with Crippen molar-refractivity contribution in [2.24, 2.45) is 17.8 Å². The van der Waals surface area contributed by atoms with Crippen molar-refractivity contribution in [1.29, 1.82) is 0 Å². The van der Waals surface area contributed by atoms with Crippen LogP contribution >= 0.6 is 15.9 Å². The van der Waals surface area contributed by atoms with E-state index in [1.165, 1.54) is 4.90 Å². The lowest BCUT2D eigenvalue weighted by Gasteiger charge is -2.40. The lowest BCUT2D eigenvalue weighted by atomic mass is 9.70. The first-order chi connectivity index (χ1) is 18.7. The van der Waals surface area contributed by atoms with Crippen LogP contribution in [-0.2, 0) is 23.9 Å². The van der Waals surface area contributed by atoms with E-state index in [2.05, 4.69) is 22.5 Å². The standard InChI is InChI=1S/C30H35BrN2O6/c1-5-13-32(20-12-11-18-9-7-8-10-19(18)14-20)28(36)26-30-15-21(31)25(39-30)23(29(37)38-6-2)24(30)27(35)33(26)22(16-34)17(3)4/h5,7-12,14,17,21-26,34H,1,6,13,15-16H2,2-4H3/t21?,22-,23-,24-,25-,26?,30?/m0/s1. The maximum absolute atomic E-state index is 14.7. The molecule has 3 aliphatic rings. The number of esters is 1. The number of nitrogens with zero attached hydrogens (tertiary/aromatic N) is 2. The Kier molecular flexibility index (Phi) is 7.61. The molecule has 8 nitrogen and oxygen atoms in total. The van der Waals surface area contributed by atoms with Gasteiger partial charge in [0.2, 0.25) is 5.91 Å². The molecule has 5 rings (SSSR count). The summed E-state index contributed by atoms with van der Waals surface area (Å²) < 4.78 is 11.9. The van der Waals surface area contributed by atoms with Crippen LogP contribution in [0.5, 0.6) is 0 Å². The highest BCUT2D eigenvalue weighted by atomic mass is 79.9.